The molecule has 6 rings (SSSR count). The highest BCUT2D eigenvalue weighted by atomic mass is 15.1. The maximum absolute atomic E-state index is 3.54. The fourth-order valence-electron chi connectivity index (χ4n) is 4.21. The van der Waals surface area contributed by atoms with Crippen LogP contribution in [0.25, 0.3) is 33.0 Å². The van der Waals surface area contributed by atoms with Crippen LogP contribution in [0.5, 0.6) is 0 Å². The number of para-hydroxylation sites is 1. The number of benzene rings is 3. The topological polar surface area (TPSA) is 20.5 Å². The van der Waals surface area contributed by atoms with Crippen molar-refractivity contribution in [2.75, 3.05) is 5.32 Å². The lowest BCUT2D eigenvalue weighted by atomic mass is 10.1. The van der Waals surface area contributed by atoms with E-state index >= 15 is 0 Å². The van der Waals surface area contributed by atoms with E-state index in [1.165, 1.54) is 38.5 Å². The van der Waals surface area contributed by atoms with Gasteiger partial charge in [0.05, 0.1) is 0 Å². The SMILES string of the molecule is c1ccc(CNc2ccc3c(ccc4n5c(ccc6ccccc65)c[n+]34)c2)cc1. The summed E-state index contributed by atoms with van der Waals surface area (Å²) in [5.41, 5.74) is 7.23. The van der Waals surface area contributed by atoms with Gasteiger partial charge in [0.1, 0.15) is 17.2 Å². The molecule has 0 bridgehead atoms. The van der Waals surface area contributed by atoms with E-state index < -0.39 is 0 Å². The number of pyridine rings is 2. The maximum Gasteiger partial charge on any atom is 0.292 e. The minimum absolute atomic E-state index is 0.823. The molecule has 0 aliphatic carbocycles. The lowest BCUT2D eigenvalue weighted by Crippen LogP contribution is -2.19. The Labute approximate surface area is 168 Å². The number of aromatic nitrogens is 2. The third kappa shape index (κ3) is 2.63. The first-order valence-corrected chi connectivity index (χ1v) is 9.92. The van der Waals surface area contributed by atoms with Gasteiger partial charge in [-0.3, -0.25) is 0 Å². The van der Waals surface area contributed by atoms with Gasteiger partial charge in [0.25, 0.3) is 5.65 Å². The maximum atomic E-state index is 3.54. The van der Waals surface area contributed by atoms with Gasteiger partial charge >= 0.3 is 0 Å². The number of hydrogen-bond donors (Lipinski definition) is 1. The predicted octanol–water partition coefficient (Wildman–Crippen LogP) is 5.60. The summed E-state index contributed by atoms with van der Waals surface area (Å²) >= 11 is 0. The van der Waals surface area contributed by atoms with Crippen molar-refractivity contribution in [1.29, 1.82) is 0 Å². The summed E-state index contributed by atoms with van der Waals surface area (Å²) < 4.78 is 4.62. The fraction of sp³-hybridized carbons (Fsp3) is 0.0385. The highest BCUT2D eigenvalue weighted by molar-refractivity contribution is 5.86. The summed E-state index contributed by atoms with van der Waals surface area (Å²) in [4.78, 5) is 0. The van der Waals surface area contributed by atoms with E-state index in [9.17, 15) is 0 Å². The van der Waals surface area contributed by atoms with Crippen LogP contribution in [0.15, 0.2) is 103 Å². The van der Waals surface area contributed by atoms with E-state index in [4.69, 9.17) is 0 Å². The first-order valence-electron chi connectivity index (χ1n) is 9.92. The second-order valence-corrected chi connectivity index (χ2v) is 7.46. The van der Waals surface area contributed by atoms with E-state index in [1.807, 2.05) is 6.07 Å². The second kappa shape index (κ2) is 6.35. The van der Waals surface area contributed by atoms with Crippen molar-refractivity contribution < 1.29 is 4.40 Å². The summed E-state index contributed by atoms with van der Waals surface area (Å²) in [6.45, 7) is 0.823. The number of fused-ring (bicyclic) bond motifs is 7. The molecule has 3 aromatic heterocycles. The van der Waals surface area contributed by atoms with Crippen LogP contribution < -0.4 is 9.72 Å². The monoisotopic (exact) mass is 374 g/mol. The van der Waals surface area contributed by atoms with Gasteiger partial charge < -0.3 is 5.32 Å². The van der Waals surface area contributed by atoms with Crippen LogP contribution in [0, 0.1) is 0 Å². The number of anilines is 1. The van der Waals surface area contributed by atoms with Gasteiger partial charge in [-0.25, -0.2) is 0 Å². The van der Waals surface area contributed by atoms with Gasteiger partial charge in [-0.15, -0.1) is 0 Å². The minimum Gasteiger partial charge on any atom is -0.381 e. The predicted molar refractivity (Wildman–Crippen MR) is 119 cm³/mol. The van der Waals surface area contributed by atoms with Crippen molar-refractivity contribution >= 4 is 38.7 Å². The lowest BCUT2D eigenvalue weighted by molar-refractivity contribution is -0.479. The van der Waals surface area contributed by atoms with Gasteiger partial charge in [0.15, 0.2) is 5.52 Å². The summed E-state index contributed by atoms with van der Waals surface area (Å²) in [5.74, 6) is 0. The Hall–Kier alpha value is -3.85. The van der Waals surface area contributed by atoms with Crippen LogP contribution in [0.3, 0.4) is 0 Å². The van der Waals surface area contributed by atoms with Crippen LogP contribution in [-0.4, -0.2) is 4.40 Å². The van der Waals surface area contributed by atoms with E-state index in [2.05, 4.69) is 111 Å². The van der Waals surface area contributed by atoms with Gasteiger partial charge in [-0.05, 0) is 48.0 Å². The Bertz CT molecular complexity index is 1500. The Balaban J connectivity index is 1.48. The van der Waals surface area contributed by atoms with Crippen molar-refractivity contribution in [3.63, 3.8) is 0 Å². The second-order valence-electron chi connectivity index (χ2n) is 7.46. The van der Waals surface area contributed by atoms with Crippen LogP contribution in [0.2, 0.25) is 0 Å². The average molecular weight is 374 g/mol. The molecule has 0 saturated heterocycles. The van der Waals surface area contributed by atoms with Crippen LogP contribution in [0.4, 0.5) is 5.69 Å². The van der Waals surface area contributed by atoms with Crippen molar-refractivity contribution in [2.24, 2.45) is 0 Å². The summed E-state index contributed by atoms with van der Waals surface area (Å²) in [6.07, 6.45) is 2.22. The van der Waals surface area contributed by atoms with Gasteiger partial charge in [0.2, 0.25) is 0 Å². The first-order chi connectivity index (χ1) is 14.4. The molecule has 0 radical (unpaired) electrons. The zero-order valence-electron chi connectivity index (χ0n) is 15.9. The summed E-state index contributed by atoms with van der Waals surface area (Å²) in [7, 11) is 0. The molecule has 3 heteroatoms. The smallest absolute Gasteiger partial charge is 0.292 e. The molecule has 3 aromatic carbocycles. The minimum atomic E-state index is 0.823. The molecule has 0 aliphatic rings. The van der Waals surface area contributed by atoms with Gasteiger partial charge in [-0.2, -0.15) is 8.80 Å². The van der Waals surface area contributed by atoms with Crippen LogP contribution in [0.1, 0.15) is 5.56 Å². The number of rotatable bonds is 3. The molecule has 0 fully saturated rings. The Morgan fingerprint density at radius 3 is 2.48 bits per heavy atom. The molecule has 0 saturated carbocycles. The highest BCUT2D eigenvalue weighted by Gasteiger charge is 2.16. The zero-order chi connectivity index (χ0) is 19.2. The quantitative estimate of drug-likeness (QED) is 0.400. The number of imidazole rings is 1. The molecule has 0 amide bonds. The van der Waals surface area contributed by atoms with Crippen molar-refractivity contribution in [3.05, 3.63) is 109 Å². The molecule has 1 N–H and O–H groups in total. The molecule has 3 heterocycles. The van der Waals surface area contributed by atoms with E-state index in [0.717, 1.165) is 12.2 Å². The normalized spacial score (nSPS) is 11.6. The number of nitrogens with zero attached hydrogens (tertiary/aromatic N) is 2. The number of hydrogen-bond acceptors (Lipinski definition) is 1. The molecule has 0 aliphatic heterocycles. The average Bonchev–Trinajstić information content (AvgIpc) is 3.18. The molecule has 0 atom stereocenters. The molecule has 138 valence electrons. The third-order valence-corrected chi connectivity index (χ3v) is 5.65. The van der Waals surface area contributed by atoms with E-state index in [0.29, 0.717) is 0 Å². The van der Waals surface area contributed by atoms with Crippen molar-refractivity contribution in [2.45, 2.75) is 6.54 Å². The standard InChI is InChI=1S/C26H20N3/c1-2-6-19(7-3-1)17-27-22-12-14-24-21(16-22)11-15-26-28(24)18-23-13-10-20-8-4-5-9-25(20)29(23)26/h1-16,18,27H,17H2/q+1. The Kier molecular flexibility index (Phi) is 3.53. The lowest BCUT2D eigenvalue weighted by Gasteiger charge is -2.07. The molecule has 3 nitrogen and oxygen atoms in total. The molecule has 6 aromatic rings. The zero-order valence-corrected chi connectivity index (χ0v) is 15.9. The van der Waals surface area contributed by atoms with Gasteiger partial charge in [0, 0.05) is 29.1 Å². The summed E-state index contributed by atoms with van der Waals surface area (Å²) in [5, 5.41) is 6.01. The van der Waals surface area contributed by atoms with E-state index in [1.54, 1.807) is 0 Å². The summed E-state index contributed by atoms with van der Waals surface area (Å²) in [6, 6.07) is 34.4. The highest BCUT2D eigenvalue weighted by Crippen LogP contribution is 2.22. The molecule has 0 unspecified atom stereocenters. The van der Waals surface area contributed by atoms with Gasteiger partial charge in [-0.1, -0.05) is 48.5 Å². The first kappa shape index (κ1) is 16.1. The van der Waals surface area contributed by atoms with Crippen molar-refractivity contribution in [1.82, 2.24) is 4.40 Å². The molecular formula is C26H20N3+. The molecular weight excluding hydrogens is 354 g/mol. The molecule has 0 spiro atoms. The van der Waals surface area contributed by atoms with Crippen LogP contribution in [-0.2, 0) is 6.54 Å². The van der Waals surface area contributed by atoms with Crippen molar-refractivity contribution in [3.8, 4) is 0 Å². The Morgan fingerprint density at radius 1 is 0.724 bits per heavy atom. The third-order valence-electron chi connectivity index (χ3n) is 5.65. The molecule has 29 heavy (non-hydrogen) atoms. The fourth-order valence-corrected chi connectivity index (χ4v) is 4.21. The largest absolute Gasteiger partial charge is 0.381 e. The van der Waals surface area contributed by atoms with Crippen LogP contribution >= 0.6 is 0 Å². The number of nitrogens with one attached hydrogen (secondary N) is 1. The van der Waals surface area contributed by atoms with E-state index in [-0.39, 0.29) is 0 Å². The Morgan fingerprint density at radius 2 is 1.55 bits per heavy atom.